The molecule has 1 heterocycles. The Morgan fingerprint density at radius 1 is 0.893 bits per heavy atom. The van der Waals surface area contributed by atoms with E-state index in [0.29, 0.717) is 5.75 Å². The predicted molar refractivity (Wildman–Crippen MR) is 110 cm³/mol. The van der Waals surface area contributed by atoms with Crippen molar-refractivity contribution in [1.29, 1.82) is 0 Å². The zero-order valence-corrected chi connectivity index (χ0v) is 16.4. The molecule has 0 bridgehead atoms. The molecule has 1 N–H and O–H groups in total. The Bertz CT molecular complexity index is 973. The minimum Gasteiger partial charge on any atom is -0.497 e. The second kappa shape index (κ2) is 7.94. The molecule has 3 atom stereocenters. The number of hydrogen-bond donors (Lipinski definition) is 1. The van der Waals surface area contributed by atoms with E-state index in [1.54, 1.807) is 14.2 Å². The van der Waals surface area contributed by atoms with Crippen molar-refractivity contribution in [3.05, 3.63) is 78.4 Å². The maximum absolute atomic E-state index is 13.1. The number of benzene rings is 3. The van der Waals surface area contributed by atoms with Crippen molar-refractivity contribution in [2.75, 3.05) is 19.5 Å². The molecule has 0 saturated heterocycles. The second-order valence-corrected chi connectivity index (χ2v) is 7.85. The highest BCUT2D eigenvalue weighted by atomic mass is 32.2. The molecule has 28 heavy (non-hydrogen) atoms. The Morgan fingerprint density at radius 2 is 1.50 bits per heavy atom. The summed E-state index contributed by atoms with van der Waals surface area (Å²) < 4.78 is 29.7. The topological polar surface area (TPSA) is 56.8 Å². The summed E-state index contributed by atoms with van der Waals surface area (Å²) in [6.07, 6.45) is 0. The Hall–Kier alpha value is -2.99. The van der Waals surface area contributed by atoms with Gasteiger partial charge in [0.25, 0.3) is 0 Å². The molecule has 1 aliphatic rings. The Kier molecular flexibility index (Phi) is 5.21. The van der Waals surface area contributed by atoms with Gasteiger partial charge in [-0.3, -0.25) is 4.21 Å². The minimum atomic E-state index is -1.29. The lowest BCUT2D eigenvalue weighted by atomic mass is 10.1. The van der Waals surface area contributed by atoms with E-state index in [1.807, 2.05) is 72.8 Å². The van der Waals surface area contributed by atoms with Crippen LogP contribution < -0.4 is 19.5 Å². The van der Waals surface area contributed by atoms with E-state index < -0.39 is 16.2 Å². The van der Waals surface area contributed by atoms with Crippen molar-refractivity contribution in [2.24, 2.45) is 0 Å². The predicted octanol–water partition coefficient (Wildman–Crippen LogP) is 4.38. The zero-order chi connectivity index (χ0) is 19.5. The van der Waals surface area contributed by atoms with Gasteiger partial charge >= 0.3 is 0 Å². The molecule has 3 aromatic carbocycles. The van der Waals surface area contributed by atoms with Crippen LogP contribution in [0.1, 0.15) is 11.6 Å². The molecule has 1 aliphatic heterocycles. The van der Waals surface area contributed by atoms with E-state index in [0.717, 1.165) is 27.6 Å². The van der Waals surface area contributed by atoms with Gasteiger partial charge in [0.2, 0.25) is 5.44 Å². The first-order valence-corrected chi connectivity index (χ1v) is 10.1. The molecule has 3 aromatic rings. The van der Waals surface area contributed by atoms with E-state index in [4.69, 9.17) is 14.2 Å². The van der Waals surface area contributed by atoms with Gasteiger partial charge in [-0.05, 0) is 54.1 Å². The molecular formula is C22H21NO4S. The van der Waals surface area contributed by atoms with E-state index in [1.165, 1.54) is 0 Å². The Morgan fingerprint density at radius 3 is 2.11 bits per heavy atom. The van der Waals surface area contributed by atoms with Gasteiger partial charge in [-0.1, -0.05) is 24.3 Å². The molecule has 5 nitrogen and oxygen atoms in total. The summed E-state index contributed by atoms with van der Waals surface area (Å²) in [4.78, 5) is 0.725. The molecule has 4 rings (SSSR count). The zero-order valence-electron chi connectivity index (χ0n) is 15.6. The average Bonchev–Trinajstić information content (AvgIpc) is 3.09. The lowest BCUT2D eigenvalue weighted by Crippen LogP contribution is -2.31. The van der Waals surface area contributed by atoms with Gasteiger partial charge in [0.15, 0.2) is 0 Å². The molecule has 1 unspecified atom stereocenters. The fraction of sp³-hybridized carbons (Fsp3) is 0.182. The summed E-state index contributed by atoms with van der Waals surface area (Å²) >= 11 is 0. The van der Waals surface area contributed by atoms with Gasteiger partial charge in [0.05, 0.1) is 19.1 Å². The fourth-order valence-corrected chi connectivity index (χ4v) is 4.63. The molecule has 144 valence electrons. The third-order valence-electron chi connectivity index (χ3n) is 4.68. The van der Waals surface area contributed by atoms with Crippen LogP contribution in [0.4, 0.5) is 5.69 Å². The van der Waals surface area contributed by atoms with Crippen LogP contribution in [0.25, 0.3) is 0 Å². The number of anilines is 1. The number of methoxy groups -OCH3 is 2. The highest BCUT2D eigenvalue weighted by molar-refractivity contribution is 7.86. The number of hydrogen-bond acceptors (Lipinski definition) is 5. The molecule has 0 fully saturated rings. The summed E-state index contributed by atoms with van der Waals surface area (Å²) in [5.74, 6) is 2.21. The van der Waals surface area contributed by atoms with Gasteiger partial charge < -0.3 is 19.5 Å². The number of ether oxygens (including phenoxy) is 3. The third kappa shape index (κ3) is 3.55. The van der Waals surface area contributed by atoms with Gasteiger partial charge in [-0.15, -0.1) is 0 Å². The average molecular weight is 395 g/mol. The highest BCUT2D eigenvalue weighted by Gasteiger charge is 2.38. The number of para-hydroxylation sites is 1. The van der Waals surface area contributed by atoms with Crippen molar-refractivity contribution in [2.45, 2.75) is 16.4 Å². The van der Waals surface area contributed by atoms with E-state index in [9.17, 15) is 4.21 Å². The largest absolute Gasteiger partial charge is 0.497 e. The van der Waals surface area contributed by atoms with Crippen molar-refractivity contribution in [1.82, 2.24) is 0 Å². The SMILES string of the molecule is COc1ccc(N[C@H](c2ccc(OC)cc2)[C@H]2Oc3ccccc3S2=O)cc1. The van der Waals surface area contributed by atoms with E-state index in [2.05, 4.69) is 5.32 Å². The standard InChI is InChI=1S/C22H21NO4S/c1-25-17-11-7-15(8-12-17)21(23-16-9-13-18(26-2)14-10-16)22-27-19-5-3-4-6-20(19)28(22)24/h3-14,21-23H,1-2H3/t21-,22+,28?/m1/s1. The molecule has 0 radical (unpaired) electrons. The first-order chi connectivity index (χ1) is 13.7. The van der Waals surface area contributed by atoms with Gasteiger partial charge in [-0.2, -0.15) is 0 Å². The number of fused-ring (bicyclic) bond motifs is 1. The lowest BCUT2D eigenvalue weighted by Gasteiger charge is -2.25. The van der Waals surface area contributed by atoms with Crippen LogP contribution in [0.3, 0.4) is 0 Å². The summed E-state index contributed by atoms with van der Waals surface area (Å²) in [5, 5.41) is 3.48. The Balaban J connectivity index is 1.67. The molecular weight excluding hydrogens is 374 g/mol. The van der Waals surface area contributed by atoms with Crippen LogP contribution >= 0.6 is 0 Å². The third-order valence-corrected chi connectivity index (χ3v) is 6.24. The van der Waals surface area contributed by atoms with Crippen molar-refractivity contribution < 1.29 is 18.4 Å². The monoisotopic (exact) mass is 395 g/mol. The fourth-order valence-electron chi connectivity index (χ4n) is 3.19. The maximum atomic E-state index is 13.1. The van der Waals surface area contributed by atoms with Crippen LogP contribution in [-0.4, -0.2) is 23.9 Å². The van der Waals surface area contributed by atoms with Crippen LogP contribution in [0.2, 0.25) is 0 Å². The summed E-state index contributed by atoms with van der Waals surface area (Å²) in [6, 6.07) is 22.5. The molecule has 0 spiro atoms. The van der Waals surface area contributed by atoms with E-state index >= 15 is 0 Å². The molecule has 0 amide bonds. The van der Waals surface area contributed by atoms with Crippen LogP contribution in [-0.2, 0) is 10.8 Å². The first kappa shape index (κ1) is 18.4. The lowest BCUT2D eigenvalue weighted by molar-refractivity contribution is 0.267. The summed E-state index contributed by atoms with van der Waals surface area (Å²) in [7, 11) is 1.97. The number of rotatable bonds is 6. The van der Waals surface area contributed by atoms with Crippen molar-refractivity contribution >= 4 is 16.5 Å². The van der Waals surface area contributed by atoms with Gasteiger partial charge in [-0.25, -0.2) is 0 Å². The smallest absolute Gasteiger partial charge is 0.201 e. The number of nitrogens with one attached hydrogen (secondary N) is 1. The minimum absolute atomic E-state index is 0.312. The molecule has 0 saturated carbocycles. The van der Waals surface area contributed by atoms with Gasteiger partial charge in [0.1, 0.15) is 34.1 Å². The Labute approximate surface area is 166 Å². The second-order valence-electron chi connectivity index (χ2n) is 6.35. The highest BCUT2D eigenvalue weighted by Crippen LogP contribution is 2.39. The molecule has 0 aliphatic carbocycles. The quantitative estimate of drug-likeness (QED) is 0.671. The van der Waals surface area contributed by atoms with Crippen LogP contribution in [0.5, 0.6) is 17.2 Å². The van der Waals surface area contributed by atoms with E-state index in [-0.39, 0.29) is 6.04 Å². The van der Waals surface area contributed by atoms with Crippen LogP contribution in [0, 0.1) is 0 Å². The maximum Gasteiger partial charge on any atom is 0.201 e. The molecule has 0 aromatic heterocycles. The normalized spacial score (nSPS) is 18.6. The first-order valence-electron chi connectivity index (χ1n) is 8.90. The molecule has 6 heteroatoms. The summed E-state index contributed by atoms with van der Waals surface area (Å²) in [6.45, 7) is 0. The van der Waals surface area contributed by atoms with Crippen molar-refractivity contribution in [3.8, 4) is 17.2 Å². The van der Waals surface area contributed by atoms with Crippen molar-refractivity contribution in [3.63, 3.8) is 0 Å². The van der Waals surface area contributed by atoms with Gasteiger partial charge in [0, 0.05) is 5.69 Å². The van der Waals surface area contributed by atoms with Crippen LogP contribution in [0.15, 0.2) is 77.7 Å². The summed E-state index contributed by atoms with van der Waals surface area (Å²) in [5.41, 5.74) is 1.30.